The van der Waals surface area contributed by atoms with Gasteiger partial charge in [0.2, 0.25) is 0 Å². The van der Waals surface area contributed by atoms with Gasteiger partial charge in [0.05, 0.1) is 11.0 Å². The van der Waals surface area contributed by atoms with Crippen LogP contribution in [0.2, 0.25) is 0 Å². The predicted molar refractivity (Wildman–Crippen MR) is 190 cm³/mol. The van der Waals surface area contributed by atoms with Gasteiger partial charge in [-0.3, -0.25) is 4.57 Å². The molecule has 2 heteroatoms. The average Bonchev–Trinajstić information content (AvgIpc) is 3.43. The van der Waals surface area contributed by atoms with Crippen LogP contribution in [0, 0.1) is 0 Å². The first-order valence-electron chi connectivity index (χ1n) is 15.4. The minimum absolute atomic E-state index is 0.916. The van der Waals surface area contributed by atoms with Crippen LogP contribution >= 0.6 is 0 Å². The number of hydrogen-bond donors (Lipinski definition) is 0. The Morgan fingerprint density at radius 3 is 1.82 bits per heavy atom. The molecule has 0 aliphatic carbocycles. The third-order valence-corrected chi connectivity index (χ3v) is 9.03. The number of fused-ring (bicyclic) bond motifs is 5. The van der Waals surface area contributed by atoms with Gasteiger partial charge < -0.3 is 0 Å². The van der Waals surface area contributed by atoms with Gasteiger partial charge >= 0.3 is 0 Å². The van der Waals surface area contributed by atoms with Crippen LogP contribution in [0.25, 0.3) is 82.5 Å². The third kappa shape index (κ3) is 4.30. The summed E-state index contributed by atoms with van der Waals surface area (Å²) in [5.41, 5.74) is 9.51. The number of benzene rings is 7. The van der Waals surface area contributed by atoms with Gasteiger partial charge in [-0.05, 0) is 91.3 Å². The highest BCUT2D eigenvalue weighted by Crippen LogP contribution is 2.36. The van der Waals surface area contributed by atoms with E-state index in [1.165, 1.54) is 65.7 Å². The molecule has 2 aromatic heterocycles. The van der Waals surface area contributed by atoms with E-state index in [1.807, 2.05) is 6.20 Å². The van der Waals surface area contributed by atoms with Crippen molar-refractivity contribution in [2.75, 3.05) is 0 Å². The van der Waals surface area contributed by atoms with Crippen molar-refractivity contribution in [3.63, 3.8) is 0 Å². The van der Waals surface area contributed by atoms with Crippen molar-refractivity contribution < 1.29 is 0 Å². The molecule has 0 radical (unpaired) electrons. The molecule has 0 saturated carbocycles. The molecule has 45 heavy (non-hydrogen) atoms. The lowest BCUT2D eigenvalue weighted by molar-refractivity contribution is 1.08. The highest BCUT2D eigenvalue weighted by atomic mass is 15.1. The summed E-state index contributed by atoms with van der Waals surface area (Å²) >= 11 is 0. The predicted octanol–water partition coefficient (Wildman–Crippen LogP) is 11.5. The Morgan fingerprint density at radius 2 is 0.978 bits per heavy atom. The molecule has 7 aromatic carbocycles. The maximum Gasteiger partial charge on any atom is 0.138 e. The van der Waals surface area contributed by atoms with Crippen LogP contribution in [0.1, 0.15) is 0 Å². The van der Waals surface area contributed by atoms with Crippen LogP contribution in [0.15, 0.2) is 170 Å². The van der Waals surface area contributed by atoms with E-state index in [2.05, 4.69) is 168 Å². The van der Waals surface area contributed by atoms with Gasteiger partial charge in [0.25, 0.3) is 0 Å². The van der Waals surface area contributed by atoms with Crippen molar-refractivity contribution in [3.8, 4) is 39.2 Å². The van der Waals surface area contributed by atoms with Crippen molar-refractivity contribution >= 4 is 43.4 Å². The summed E-state index contributed by atoms with van der Waals surface area (Å²) in [4.78, 5) is 4.89. The Morgan fingerprint density at radius 1 is 0.356 bits per heavy atom. The highest BCUT2D eigenvalue weighted by Gasteiger charge is 2.15. The quantitative estimate of drug-likeness (QED) is 0.205. The fourth-order valence-electron chi connectivity index (χ4n) is 6.82. The van der Waals surface area contributed by atoms with Crippen LogP contribution in [-0.4, -0.2) is 9.55 Å². The fraction of sp³-hybridized carbons (Fsp3) is 0. The SMILES string of the molecule is c1cc(-c2ccc(-c3cccc4ccccc34)cc2)cc(-c2ccnc(-n3c4ccccc4c4cc5ccccc5cc43)c2)c1. The summed E-state index contributed by atoms with van der Waals surface area (Å²) in [7, 11) is 0. The third-order valence-electron chi connectivity index (χ3n) is 9.03. The average molecular weight is 573 g/mol. The van der Waals surface area contributed by atoms with Crippen molar-refractivity contribution in [3.05, 3.63) is 170 Å². The second-order valence-corrected chi connectivity index (χ2v) is 11.7. The van der Waals surface area contributed by atoms with Gasteiger partial charge in [-0.25, -0.2) is 4.98 Å². The van der Waals surface area contributed by atoms with E-state index < -0.39 is 0 Å². The number of para-hydroxylation sites is 1. The lowest BCUT2D eigenvalue weighted by atomic mass is 9.95. The summed E-state index contributed by atoms with van der Waals surface area (Å²) in [5.74, 6) is 0.916. The van der Waals surface area contributed by atoms with Crippen LogP contribution in [-0.2, 0) is 0 Å². The van der Waals surface area contributed by atoms with Gasteiger partial charge in [0.15, 0.2) is 0 Å². The van der Waals surface area contributed by atoms with Crippen LogP contribution in [0.4, 0.5) is 0 Å². The molecule has 2 heterocycles. The molecule has 0 N–H and O–H groups in total. The van der Waals surface area contributed by atoms with E-state index in [0.717, 1.165) is 16.9 Å². The van der Waals surface area contributed by atoms with E-state index in [4.69, 9.17) is 4.98 Å². The Bertz CT molecular complexity index is 2530. The first-order chi connectivity index (χ1) is 22.3. The van der Waals surface area contributed by atoms with Gasteiger partial charge in [0, 0.05) is 17.0 Å². The molecule has 0 saturated heterocycles. The van der Waals surface area contributed by atoms with Crippen molar-refractivity contribution in [2.24, 2.45) is 0 Å². The second-order valence-electron chi connectivity index (χ2n) is 11.7. The molecule has 0 fully saturated rings. The minimum atomic E-state index is 0.916. The molecular formula is C43H28N2. The molecule has 0 atom stereocenters. The van der Waals surface area contributed by atoms with Crippen LogP contribution in [0.5, 0.6) is 0 Å². The maximum atomic E-state index is 4.89. The van der Waals surface area contributed by atoms with Crippen molar-refractivity contribution in [2.45, 2.75) is 0 Å². The molecule has 2 nitrogen and oxygen atoms in total. The molecule has 9 rings (SSSR count). The Hall–Kier alpha value is -5.99. The van der Waals surface area contributed by atoms with Crippen molar-refractivity contribution in [1.29, 1.82) is 0 Å². The van der Waals surface area contributed by atoms with Crippen LogP contribution in [0.3, 0.4) is 0 Å². The molecule has 0 bridgehead atoms. The number of nitrogens with zero attached hydrogens (tertiary/aromatic N) is 2. The van der Waals surface area contributed by atoms with E-state index in [0.29, 0.717) is 0 Å². The zero-order valence-corrected chi connectivity index (χ0v) is 24.6. The smallest absolute Gasteiger partial charge is 0.138 e. The Balaban J connectivity index is 1.11. The number of hydrogen-bond acceptors (Lipinski definition) is 1. The largest absolute Gasteiger partial charge is 0.294 e. The zero-order valence-electron chi connectivity index (χ0n) is 24.6. The van der Waals surface area contributed by atoms with E-state index in [-0.39, 0.29) is 0 Å². The van der Waals surface area contributed by atoms with E-state index >= 15 is 0 Å². The normalized spacial score (nSPS) is 11.6. The Kier molecular flexibility index (Phi) is 5.85. The minimum Gasteiger partial charge on any atom is -0.294 e. The summed E-state index contributed by atoms with van der Waals surface area (Å²) in [6, 6.07) is 59.0. The molecule has 0 aliphatic rings. The van der Waals surface area contributed by atoms with Gasteiger partial charge in [-0.15, -0.1) is 0 Å². The summed E-state index contributed by atoms with van der Waals surface area (Å²) in [5, 5.41) is 7.49. The van der Waals surface area contributed by atoms with E-state index in [1.54, 1.807) is 0 Å². The molecule has 0 spiro atoms. The second kappa shape index (κ2) is 10.3. The zero-order chi connectivity index (χ0) is 29.7. The van der Waals surface area contributed by atoms with Gasteiger partial charge in [0.1, 0.15) is 5.82 Å². The maximum absolute atomic E-state index is 4.89. The molecule has 210 valence electrons. The lowest BCUT2D eigenvalue weighted by Gasteiger charge is -2.11. The highest BCUT2D eigenvalue weighted by molar-refractivity contribution is 6.13. The fourth-order valence-corrected chi connectivity index (χ4v) is 6.82. The van der Waals surface area contributed by atoms with Gasteiger partial charge in [-0.1, -0.05) is 127 Å². The molecule has 0 amide bonds. The van der Waals surface area contributed by atoms with Gasteiger partial charge in [-0.2, -0.15) is 0 Å². The van der Waals surface area contributed by atoms with E-state index in [9.17, 15) is 0 Å². The van der Waals surface area contributed by atoms with Crippen LogP contribution < -0.4 is 0 Å². The summed E-state index contributed by atoms with van der Waals surface area (Å²) < 4.78 is 2.30. The molecular weight excluding hydrogens is 544 g/mol. The molecule has 9 aromatic rings. The van der Waals surface area contributed by atoms with Crippen molar-refractivity contribution in [1.82, 2.24) is 9.55 Å². The summed E-state index contributed by atoms with van der Waals surface area (Å²) in [6.07, 6.45) is 1.93. The number of rotatable bonds is 4. The topological polar surface area (TPSA) is 17.8 Å². The Labute approximate surface area is 261 Å². The standard InChI is InChI=1S/C43H28N2/c1-2-11-35-27-42-40(26-34(35)10-1)39-16-5-6-18-41(39)45(42)43-28-36(23-24-44-43)33-14-7-13-32(25-33)29-19-21-31(22-20-29)38-17-8-12-30-9-3-4-15-37(30)38/h1-28H. The first kappa shape index (κ1) is 25.5. The lowest BCUT2D eigenvalue weighted by Crippen LogP contribution is -1.97. The molecule has 0 unspecified atom stereocenters. The number of aromatic nitrogens is 2. The first-order valence-corrected chi connectivity index (χ1v) is 15.4. The monoisotopic (exact) mass is 572 g/mol. The number of pyridine rings is 1. The molecule has 0 aliphatic heterocycles. The summed E-state index contributed by atoms with van der Waals surface area (Å²) in [6.45, 7) is 0.